The molecule has 4 aliphatic rings. The van der Waals surface area contributed by atoms with Gasteiger partial charge in [0.15, 0.2) is 24.7 Å². The number of phenolic OH excluding ortho intramolecular Hbond substituents is 4. The molecule has 0 saturated carbocycles. The van der Waals surface area contributed by atoms with Gasteiger partial charge in [-0.25, -0.2) is 0 Å². The number of fused-ring (bicyclic) bond motifs is 3. The number of aromatic hydroxyl groups is 4. The first-order valence-corrected chi connectivity index (χ1v) is 18.9. The maximum absolute atomic E-state index is 11.9. The molecule has 0 bridgehead atoms. The number of Topliss-reactive ketones (excluding diaryl/α,β-unsaturated/α-hetero) is 1. The molecule has 7 rings (SSSR count). The fourth-order valence-electron chi connectivity index (χ4n) is 8.77. The number of rotatable bonds is 8. The van der Waals surface area contributed by atoms with Crippen LogP contribution in [0.5, 0.6) is 23.0 Å². The Bertz CT molecular complexity index is 1870. The number of phenols is 4. The van der Waals surface area contributed by atoms with E-state index < -0.39 is 67.2 Å². The van der Waals surface area contributed by atoms with Crippen LogP contribution in [0.2, 0.25) is 0 Å². The highest BCUT2D eigenvalue weighted by molar-refractivity contribution is 6.15. The Morgan fingerprint density at radius 1 is 0.852 bits per heavy atom. The van der Waals surface area contributed by atoms with Crippen molar-refractivity contribution in [3.63, 3.8) is 0 Å². The minimum Gasteiger partial charge on any atom is -0.507 e. The van der Waals surface area contributed by atoms with Gasteiger partial charge in [-0.3, -0.25) is 4.79 Å². The standard InChI is InChI=1S/C40H53NO13/c1-7-40(48)16-21-13-23-34(37(47)33-22(35(23)45)9-8-10-26(33)43)36(46)32(21)28(17-40)52-30-14-24(41(5)6)38(19(3)50-30)54-31-15-27(44)39(20(4)51-31)53-29-12-11-25(42)18(2)49-29/h8-10,13,18-20,24,27-31,38-39,43-48H,7,11-12,14-17H2,1-6H3/t18-,19+,20+,24+,27+,28+,29+,30+,31?,38-,39+,40+/m1/s1. The summed E-state index contributed by atoms with van der Waals surface area (Å²) < 4.78 is 37.6. The molecule has 0 spiro atoms. The average Bonchev–Trinajstić information content (AvgIpc) is 3.10. The van der Waals surface area contributed by atoms with Crippen LogP contribution in [0.25, 0.3) is 21.5 Å². The number of likely N-dealkylation sites (N-methyl/N-ethyl adjacent to an activating group) is 1. The molecule has 6 N–H and O–H groups in total. The van der Waals surface area contributed by atoms with E-state index >= 15 is 0 Å². The number of aliphatic hydroxyl groups is 2. The van der Waals surface area contributed by atoms with E-state index in [4.69, 9.17) is 28.4 Å². The van der Waals surface area contributed by atoms with E-state index in [-0.39, 0.29) is 75.6 Å². The SMILES string of the molecule is CC[C@]1(O)Cc2cc3c(O)c4cccc(O)c4c(O)c3c(O)c2[C@@H](O[C@H]2C[C@H](N(C)C)[C@H](OC3C[C@H](O)[C@@H](O[C@H]4CCC(=O)[C@@H](C)O4)[C@H](C)O3)[C@H](C)O2)C1. The molecule has 3 aromatic rings. The zero-order valence-electron chi connectivity index (χ0n) is 31.6. The van der Waals surface area contributed by atoms with Gasteiger partial charge in [-0.15, -0.1) is 0 Å². The second kappa shape index (κ2) is 15.0. The van der Waals surface area contributed by atoms with Crippen molar-refractivity contribution in [1.29, 1.82) is 0 Å². The highest BCUT2D eigenvalue weighted by Gasteiger charge is 2.47. The normalized spacial score (nSPS) is 36.2. The lowest BCUT2D eigenvalue weighted by atomic mass is 9.75. The number of benzene rings is 3. The van der Waals surface area contributed by atoms with E-state index in [0.29, 0.717) is 36.8 Å². The van der Waals surface area contributed by atoms with E-state index in [1.807, 2.05) is 32.8 Å². The molecule has 3 aromatic carbocycles. The lowest BCUT2D eigenvalue weighted by Crippen LogP contribution is -2.58. The molecule has 3 heterocycles. The van der Waals surface area contributed by atoms with E-state index in [2.05, 4.69) is 0 Å². The molecule has 3 fully saturated rings. The number of hydrogen-bond donors (Lipinski definition) is 6. The number of hydrogen-bond acceptors (Lipinski definition) is 14. The highest BCUT2D eigenvalue weighted by atomic mass is 16.7. The first-order valence-electron chi connectivity index (χ1n) is 18.9. The second-order valence-corrected chi connectivity index (χ2v) is 15.7. The number of nitrogens with zero attached hydrogens (tertiary/aromatic N) is 1. The van der Waals surface area contributed by atoms with Crippen LogP contribution in [0.4, 0.5) is 0 Å². The third kappa shape index (κ3) is 7.12. The monoisotopic (exact) mass is 755 g/mol. The van der Waals surface area contributed by atoms with Gasteiger partial charge in [0.25, 0.3) is 0 Å². The molecule has 14 nitrogen and oxygen atoms in total. The Kier molecular flexibility index (Phi) is 10.8. The maximum atomic E-state index is 11.9. The molecule has 54 heavy (non-hydrogen) atoms. The fourth-order valence-corrected chi connectivity index (χ4v) is 8.77. The highest BCUT2D eigenvalue weighted by Crippen LogP contribution is 2.54. The zero-order valence-corrected chi connectivity index (χ0v) is 31.6. The zero-order chi connectivity index (χ0) is 38.8. The predicted molar refractivity (Wildman–Crippen MR) is 195 cm³/mol. The summed E-state index contributed by atoms with van der Waals surface area (Å²) in [6.45, 7) is 7.24. The minimum absolute atomic E-state index is 0.0119. The van der Waals surface area contributed by atoms with Gasteiger partial charge in [-0.1, -0.05) is 19.1 Å². The summed E-state index contributed by atoms with van der Waals surface area (Å²) in [5.41, 5.74) is -0.254. The molecule has 0 radical (unpaired) electrons. The third-order valence-electron chi connectivity index (χ3n) is 11.8. The minimum atomic E-state index is -1.19. The van der Waals surface area contributed by atoms with E-state index in [1.54, 1.807) is 32.0 Å². The first-order chi connectivity index (χ1) is 25.6. The van der Waals surface area contributed by atoms with Crippen LogP contribution in [-0.4, -0.2) is 123 Å². The van der Waals surface area contributed by atoms with Gasteiger partial charge >= 0.3 is 0 Å². The molecule has 14 heteroatoms. The third-order valence-corrected chi connectivity index (χ3v) is 11.8. The van der Waals surface area contributed by atoms with Crippen molar-refractivity contribution in [2.45, 2.75) is 146 Å². The lowest BCUT2D eigenvalue weighted by molar-refractivity contribution is -0.324. The van der Waals surface area contributed by atoms with Crippen molar-refractivity contribution in [1.82, 2.24) is 4.90 Å². The van der Waals surface area contributed by atoms with Crippen LogP contribution in [0.15, 0.2) is 24.3 Å². The first kappa shape index (κ1) is 38.9. The summed E-state index contributed by atoms with van der Waals surface area (Å²) in [7, 11) is 3.85. The number of carbonyl (C=O) groups excluding carboxylic acids is 1. The summed E-state index contributed by atoms with van der Waals surface area (Å²) >= 11 is 0. The second-order valence-electron chi connectivity index (χ2n) is 15.7. The van der Waals surface area contributed by atoms with E-state index in [0.717, 1.165) is 0 Å². The summed E-state index contributed by atoms with van der Waals surface area (Å²) in [4.78, 5) is 13.9. The summed E-state index contributed by atoms with van der Waals surface area (Å²) in [6, 6.07) is 5.95. The number of ether oxygens (including phenoxy) is 6. The van der Waals surface area contributed by atoms with Crippen LogP contribution in [0, 0.1) is 0 Å². The molecule has 1 unspecified atom stereocenters. The van der Waals surface area contributed by atoms with Crippen LogP contribution >= 0.6 is 0 Å². The van der Waals surface area contributed by atoms with Gasteiger partial charge in [0.05, 0.1) is 40.8 Å². The molecule has 296 valence electrons. The van der Waals surface area contributed by atoms with Gasteiger partial charge in [0.1, 0.15) is 41.3 Å². The topological polar surface area (TPSA) is 197 Å². The van der Waals surface area contributed by atoms with Crippen LogP contribution in [-0.2, 0) is 39.6 Å². The van der Waals surface area contributed by atoms with Gasteiger partial charge in [0.2, 0.25) is 0 Å². The van der Waals surface area contributed by atoms with Crippen molar-refractivity contribution in [3.05, 3.63) is 35.4 Å². The quantitative estimate of drug-likeness (QED) is 0.140. The lowest BCUT2D eigenvalue weighted by Gasteiger charge is -2.47. The molecule has 0 aromatic heterocycles. The van der Waals surface area contributed by atoms with Crippen molar-refractivity contribution in [3.8, 4) is 23.0 Å². The largest absolute Gasteiger partial charge is 0.507 e. The Labute approximate surface area is 314 Å². The summed E-state index contributed by atoms with van der Waals surface area (Å²) in [5, 5.41) is 68.3. The molecule has 12 atom stereocenters. The molecule has 3 aliphatic heterocycles. The Morgan fingerprint density at radius 3 is 2.20 bits per heavy atom. The van der Waals surface area contributed by atoms with Gasteiger partial charge in [-0.05, 0) is 59.0 Å². The average molecular weight is 756 g/mol. The summed E-state index contributed by atoms with van der Waals surface area (Å²) in [6.07, 6.45) is -4.68. The van der Waals surface area contributed by atoms with Crippen molar-refractivity contribution < 1.29 is 63.9 Å². The van der Waals surface area contributed by atoms with Crippen LogP contribution < -0.4 is 0 Å². The van der Waals surface area contributed by atoms with Crippen molar-refractivity contribution in [2.75, 3.05) is 14.1 Å². The Hall–Kier alpha value is -3.31. The van der Waals surface area contributed by atoms with E-state index in [9.17, 15) is 35.4 Å². The number of ketones is 1. The molecular weight excluding hydrogens is 702 g/mol. The van der Waals surface area contributed by atoms with Crippen molar-refractivity contribution >= 4 is 27.3 Å². The molecule has 1 aliphatic carbocycles. The molecule has 0 amide bonds. The van der Waals surface area contributed by atoms with Crippen LogP contribution in [0.3, 0.4) is 0 Å². The maximum Gasteiger partial charge on any atom is 0.161 e. The smallest absolute Gasteiger partial charge is 0.161 e. The molecule has 3 saturated heterocycles. The van der Waals surface area contributed by atoms with Crippen LogP contribution in [0.1, 0.15) is 83.5 Å². The fraction of sp³-hybridized carbons (Fsp3) is 0.625. The Balaban J connectivity index is 1.10. The molecular formula is C40H53NO13. The number of carbonyl (C=O) groups is 1. The Morgan fingerprint density at radius 2 is 1.54 bits per heavy atom. The van der Waals surface area contributed by atoms with Crippen molar-refractivity contribution in [2.24, 2.45) is 0 Å². The van der Waals surface area contributed by atoms with Gasteiger partial charge in [-0.2, -0.15) is 0 Å². The summed E-state index contributed by atoms with van der Waals surface area (Å²) in [5.74, 6) is -1.12. The predicted octanol–water partition coefficient (Wildman–Crippen LogP) is 4.39. The van der Waals surface area contributed by atoms with Gasteiger partial charge < -0.3 is 64.0 Å². The van der Waals surface area contributed by atoms with Gasteiger partial charge in [0, 0.05) is 60.9 Å². The van der Waals surface area contributed by atoms with E-state index in [1.165, 1.54) is 6.07 Å². The number of aliphatic hydroxyl groups excluding tert-OH is 1.